The van der Waals surface area contributed by atoms with Crippen LogP contribution in [0.5, 0.6) is 0 Å². The number of Topliss-reactive ketones (excluding diaryl/α,β-unsaturated/α-hetero) is 1. The van der Waals surface area contributed by atoms with Crippen LogP contribution in [0.4, 0.5) is 0 Å². The van der Waals surface area contributed by atoms with E-state index < -0.39 is 6.10 Å². The molecule has 3 rings (SSSR count). The Bertz CT molecular complexity index is 718. The Labute approximate surface area is 150 Å². The lowest BCUT2D eigenvalue weighted by molar-refractivity contribution is 0.0726. The Morgan fingerprint density at radius 3 is 2.44 bits per heavy atom. The Morgan fingerprint density at radius 2 is 1.80 bits per heavy atom. The van der Waals surface area contributed by atoms with Gasteiger partial charge in [0.1, 0.15) is 0 Å². The number of aliphatic hydroxyl groups excluding tert-OH is 1. The molecular weight excluding hydrogens is 310 g/mol. The number of β-amino-alcohol motifs (C(OH)–C–C–N with tert-alkyl or cyclic N) is 1. The molecule has 3 heteroatoms. The average molecular weight is 337 g/mol. The number of piperidine rings is 1. The Morgan fingerprint density at radius 1 is 1.12 bits per heavy atom. The van der Waals surface area contributed by atoms with E-state index in [2.05, 4.69) is 17.9 Å². The maximum Gasteiger partial charge on any atom is 0.166 e. The minimum Gasteiger partial charge on any atom is -0.387 e. The second-order valence-electron chi connectivity index (χ2n) is 7.18. The van der Waals surface area contributed by atoms with Gasteiger partial charge in [0.25, 0.3) is 0 Å². The molecule has 0 amide bonds. The number of carbonyl (C=O) groups is 1. The SMILES string of the molecule is Cc1ccc(C(=O)C2CCN(C[C@@H](O)c3ccccc3)CC2)c(C)c1. The summed E-state index contributed by atoms with van der Waals surface area (Å²) >= 11 is 0. The summed E-state index contributed by atoms with van der Waals surface area (Å²) in [4.78, 5) is 15.1. The van der Waals surface area contributed by atoms with Gasteiger partial charge in [0.05, 0.1) is 6.10 Å². The molecule has 1 N–H and O–H groups in total. The van der Waals surface area contributed by atoms with Crippen LogP contribution in [0.1, 0.15) is 46.0 Å². The first-order chi connectivity index (χ1) is 12.0. The largest absolute Gasteiger partial charge is 0.387 e. The minimum absolute atomic E-state index is 0.103. The maximum atomic E-state index is 12.8. The molecule has 0 aromatic heterocycles. The number of likely N-dealkylation sites (tertiary alicyclic amines) is 1. The molecule has 25 heavy (non-hydrogen) atoms. The average Bonchev–Trinajstić information content (AvgIpc) is 2.62. The predicted molar refractivity (Wildman–Crippen MR) is 101 cm³/mol. The molecule has 1 saturated heterocycles. The topological polar surface area (TPSA) is 40.5 Å². The van der Waals surface area contributed by atoms with Crippen LogP contribution in [0.3, 0.4) is 0 Å². The molecule has 1 aliphatic heterocycles. The molecule has 0 saturated carbocycles. The minimum atomic E-state index is -0.465. The Kier molecular flexibility index (Phi) is 5.67. The highest BCUT2D eigenvalue weighted by atomic mass is 16.3. The van der Waals surface area contributed by atoms with Crippen LogP contribution in [0.25, 0.3) is 0 Å². The van der Waals surface area contributed by atoms with Gasteiger partial charge < -0.3 is 10.0 Å². The molecular formula is C22H27NO2. The van der Waals surface area contributed by atoms with Crippen LogP contribution >= 0.6 is 0 Å². The van der Waals surface area contributed by atoms with E-state index in [1.165, 1.54) is 5.56 Å². The predicted octanol–water partition coefficient (Wildman–Crippen LogP) is 3.93. The summed E-state index contributed by atoms with van der Waals surface area (Å²) in [6.45, 7) is 6.44. The highest BCUT2D eigenvalue weighted by Gasteiger charge is 2.27. The van der Waals surface area contributed by atoms with E-state index in [-0.39, 0.29) is 11.7 Å². The number of aryl methyl sites for hydroxylation is 2. The van der Waals surface area contributed by atoms with E-state index >= 15 is 0 Å². The molecule has 3 nitrogen and oxygen atoms in total. The molecule has 1 aliphatic rings. The number of hydrogen-bond acceptors (Lipinski definition) is 3. The highest BCUT2D eigenvalue weighted by Crippen LogP contribution is 2.25. The number of benzene rings is 2. The molecule has 2 aromatic carbocycles. The molecule has 0 spiro atoms. The third-order valence-electron chi connectivity index (χ3n) is 5.22. The van der Waals surface area contributed by atoms with Crippen molar-refractivity contribution in [1.29, 1.82) is 0 Å². The van der Waals surface area contributed by atoms with Gasteiger partial charge in [0.15, 0.2) is 5.78 Å². The first-order valence-corrected chi connectivity index (χ1v) is 9.11. The summed E-state index contributed by atoms with van der Waals surface area (Å²) in [7, 11) is 0. The van der Waals surface area contributed by atoms with E-state index in [0.717, 1.165) is 42.6 Å². The fourth-order valence-corrected chi connectivity index (χ4v) is 3.71. The van der Waals surface area contributed by atoms with Gasteiger partial charge in [0.2, 0.25) is 0 Å². The normalized spacial score (nSPS) is 17.4. The fraction of sp³-hybridized carbons (Fsp3) is 0.409. The summed E-state index contributed by atoms with van der Waals surface area (Å²) in [5.41, 5.74) is 4.09. The molecule has 132 valence electrons. The number of ketones is 1. The summed E-state index contributed by atoms with van der Waals surface area (Å²) in [5.74, 6) is 0.382. The second-order valence-corrected chi connectivity index (χ2v) is 7.18. The van der Waals surface area contributed by atoms with Gasteiger partial charge in [-0.15, -0.1) is 0 Å². The first-order valence-electron chi connectivity index (χ1n) is 9.11. The van der Waals surface area contributed by atoms with E-state index in [4.69, 9.17) is 0 Å². The molecule has 0 bridgehead atoms. The zero-order valence-electron chi connectivity index (χ0n) is 15.1. The third kappa shape index (κ3) is 4.36. The summed E-state index contributed by atoms with van der Waals surface area (Å²) in [6.07, 6.45) is 1.27. The van der Waals surface area contributed by atoms with Crippen LogP contribution < -0.4 is 0 Å². The van der Waals surface area contributed by atoms with Gasteiger partial charge in [0, 0.05) is 18.0 Å². The lowest BCUT2D eigenvalue weighted by atomic mass is 9.87. The monoisotopic (exact) mass is 337 g/mol. The van der Waals surface area contributed by atoms with Gasteiger partial charge in [-0.2, -0.15) is 0 Å². The quantitative estimate of drug-likeness (QED) is 0.841. The standard InChI is InChI=1S/C22H27NO2/c1-16-8-9-20(17(2)14-16)22(25)19-10-12-23(13-11-19)15-21(24)18-6-4-3-5-7-18/h3-9,14,19,21,24H,10-13,15H2,1-2H3/t21-/m1/s1. The molecule has 0 radical (unpaired) electrons. The molecule has 0 unspecified atom stereocenters. The molecule has 1 atom stereocenters. The van der Waals surface area contributed by atoms with E-state index in [1.54, 1.807) is 0 Å². The van der Waals surface area contributed by atoms with Crippen molar-refractivity contribution in [1.82, 2.24) is 4.90 Å². The van der Waals surface area contributed by atoms with Crippen molar-refractivity contribution in [3.8, 4) is 0 Å². The zero-order chi connectivity index (χ0) is 17.8. The van der Waals surface area contributed by atoms with Crippen molar-refractivity contribution in [2.45, 2.75) is 32.8 Å². The number of aliphatic hydroxyl groups is 1. The van der Waals surface area contributed by atoms with Crippen molar-refractivity contribution >= 4 is 5.78 Å². The van der Waals surface area contributed by atoms with Crippen molar-refractivity contribution < 1.29 is 9.90 Å². The van der Waals surface area contributed by atoms with Crippen molar-refractivity contribution in [2.24, 2.45) is 5.92 Å². The first kappa shape index (κ1) is 17.8. The van der Waals surface area contributed by atoms with E-state index in [0.29, 0.717) is 6.54 Å². The summed E-state index contributed by atoms with van der Waals surface area (Å²) in [6, 6.07) is 15.9. The van der Waals surface area contributed by atoms with Crippen LogP contribution in [-0.4, -0.2) is 35.4 Å². The van der Waals surface area contributed by atoms with Gasteiger partial charge in [-0.05, 0) is 50.9 Å². The van der Waals surface area contributed by atoms with E-state index in [9.17, 15) is 9.90 Å². The van der Waals surface area contributed by atoms with Crippen LogP contribution in [0.15, 0.2) is 48.5 Å². The molecule has 1 fully saturated rings. The van der Waals surface area contributed by atoms with Crippen LogP contribution in [0, 0.1) is 19.8 Å². The van der Waals surface area contributed by atoms with Crippen LogP contribution in [0.2, 0.25) is 0 Å². The molecule has 2 aromatic rings. The van der Waals surface area contributed by atoms with Gasteiger partial charge in [-0.1, -0.05) is 54.1 Å². The van der Waals surface area contributed by atoms with Gasteiger partial charge >= 0.3 is 0 Å². The van der Waals surface area contributed by atoms with Crippen molar-refractivity contribution in [2.75, 3.05) is 19.6 Å². The fourth-order valence-electron chi connectivity index (χ4n) is 3.71. The highest BCUT2D eigenvalue weighted by molar-refractivity contribution is 5.99. The number of carbonyl (C=O) groups excluding carboxylic acids is 1. The van der Waals surface area contributed by atoms with Gasteiger partial charge in [-0.3, -0.25) is 4.79 Å². The number of rotatable bonds is 5. The Hall–Kier alpha value is -1.97. The van der Waals surface area contributed by atoms with Crippen LogP contribution in [-0.2, 0) is 0 Å². The van der Waals surface area contributed by atoms with Gasteiger partial charge in [-0.25, -0.2) is 0 Å². The molecule has 0 aliphatic carbocycles. The van der Waals surface area contributed by atoms with E-state index in [1.807, 2.05) is 49.4 Å². The number of nitrogens with zero attached hydrogens (tertiary/aromatic N) is 1. The van der Waals surface area contributed by atoms with Crippen molar-refractivity contribution in [3.63, 3.8) is 0 Å². The smallest absolute Gasteiger partial charge is 0.166 e. The maximum absolute atomic E-state index is 12.8. The summed E-state index contributed by atoms with van der Waals surface area (Å²) < 4.78 is 0. The summed E-state index contributed by atoms with van der Waals surface area (Å²) in [5, 5.41) is 10.4. The zero-order valence-corrected chi connectivity index (χ0v) is 15.1. The van der Waals surface area contributed by atoms with Crippen molar-refractivity contribution in [3.05, 3.63) is 70.8 Å². The lowest BCUT2D eigenvalue weighted by Gasteiger charge is -2.32. The number of hydrogen-bond donors (Lipinski definition) is 1. The Balaban J connectivity index is 1.55. The molecule has 1 heterocycles. The second kappa shape index (κ2) is 7.94. The lowest BCUT2D eigenvalue weighted by Crippen LogP contribution is -2.38. The third-order valence-corrected chi connectivity index (χ3v) is 5.22.